The van der Waals surface area contributed by atoms with E-state index in [1.807, 2.05) is 97.1 Å². The van der Waals surface area contributed by atoms with Gasteiger partial charge in [0, 0.05) is 17.5 Å². The van der Waals surface area contributed by atoms with E-state index in [4.69, 9.17) is 29.7 Å². The van der Waals surface area contributed by atoms with Crippen molar-refractivity contribution in [2.24, 2.45) is 23.7 Å². The fraction of sp³-hybridized carbons (Fsp3) is 0.269. The highest BCUT2D eigenvalue weighted by Crippen LogP contribution is 2.33. The molecule has 0 heterocycles. The Kier molecular flexibility index (Phi) is 22.1. The van der Waals surface area contributed by atoms with Crippen LogP contribution in [0.3, 0.4) is 0 Å². The molecule has 0 aliphatic carbocycles. The van der Waals surface area contributed by atoms with E-state index in [1.165, 1.54) is 18.2 Å². The largest absolute Gasteiger partial charge is 0.457 e. The van der Waals surface area contributed by atoms with Gasteiger partial charge in [-0.25, -0.2) is 0 Å². The van der Waals surface area contributed by atoms with Crippen molar-refractivity contribution in [3.63, 3.8) is 0 Å². The van der Waals surface area contributed by atoms with Crippen LogP contribution in [0.15, 0.2) is 158 Å². The molecule has 5 radical (unpaired) electrons. The van der Waals surface area contributed by atoms with Gasteiger partial charge in [0.2, 0.25) is 7.09 Å². The minimum atomic E-state index is -1.24. The predicted molar refractivity (Wildman–Crippen MR) is 276 cm³/mol. The van der Waals surface area contributed by atoms with Crippen LogP contribution in [0, 0.1) is 23.7 Å². The summed E-state index contributed by atoms with van der Waals surface area (Å²) in [6.45, 7) is 8.20. The SMILES string of the molecule is F.[3HH].[3H][B]SOCc1ccc(-c2ccc(C[C@H](C)[C@H](Cc3ccccc3)C(=O)OP([B])C)cc2)cc1.[B]P(C)OC(=O)[C@@H](Cc1ccccc1)[C@@H](C)Cc1ccc(-c2ccc(CO)cc2)cc1. The standard InChI is InChI=1S/C26H28B2O3PS.C26H28BO3P.FH.H2/c1-19(25(26(29)31-32(2)27)17-20-6-4-3-5-7-20)16-21-8-12-23(13-9-21)24-14-10-22(11-15-24)18-30-33-28;1-19(25(26(29)30-31(2)27)17-20-6-4-3-5-7-20)16-21-8-12-23(13-9-21)24-14-10-22(18-28)11-15-24;;/h3-15,19,25,28H,16-18H2,1-2H3;3-15,19,25,28H,16-18H2,1-2H3;2*1H/t19-,25-,32?;19-,25-,31?;;/m00../s1/i28T;;;1+2. The van der Waals surface area contributed by atoms with Gasteiger partial charge in [-0.15, -0.1) is 0 Å². The maximum Gasteiger partial charge on any atom is 0.311 e. The molecule has 1 N–H and O–H groups in total. The van der Waals surface area contributed by atoms with Crippen molar-refractivity contribution >= 4 is 62.1 Å². The highest BCUT2D eigenvalue weighted by atomic mass is 32.2. The van der Waals surface area contributed by atoms with Gasteiger partial charge in [-0.05, 0) is 108 Å². The first kappa shape index (κ1) is 51.5. The Morgan fingerprint density at radius 1 is 0.569 bits per heavy atom. The summed E-state index contributed by atoms with van der Waals surface area (Å²) in [5, 5.41) is 9.21. The van der Waals surface area contributed by atoms with E-state index in [9.17, 15) is 14.7 Å². The molecule has 335 valence electrons. The van der Waals surface area contributed by atoms with Gasteiger partial charge >= 0.3 is 11.9 Å². The number of hydrogen-bond acceptors (Lipinski definition) is 7. The smallest absolute Gasteiger partial charge is 0.311 e. The zero-order valence-electron chi connectivity index (χ0n) is 38.5. The molecule has 0 fully saturated rings. The Balaban J connectivity index is 0.000000346. The average molecular weight is 930 g/mol. The molecule has 0 aliphatic heterocycles. The summed E-state index contributed by atoms with van der Waals surface area (Å²) in [6.07, 6.45) is 2.83. The van der Waals surface area contributed by atoms with E-state index >= 15 is 0 Å². The van der Waals surface area contributed by atoms with Crippen molar-refractivity contribution in [3.05, 3.63) is 191 Å². The highest BCUT2D eigenvalue weighted by Gasteiger charge is 2.29. The van der Waals surface area contributed by atoms with Crippen molar-refractivity contribution in [2.75, 3.05) is 13.3 Å². The topological polar surface area (TPSA) is 82.1 Å². The summed E-state index contributed by atoms with van der Waals surface area (Å²) in [5.74, 6) is -0.720. The first-order chi connectivity index (χ1) is 31.4. The third-order valence-electron chi connectivity index (χ3n) is 11.1. The zero-order valence-corrected chi connectivity index (χ0v) is 40.1. The Hall–Kier alpha value is -4.49. The van der Waals surface area contributed by atoms with E-state index in [-0.39, 0.29) is 48.3 Å². The van der Waals surface area contributed by atoms with Gasteiger partial charge in [-0.2, -0.15) is 0 Å². The lowest BCUT2D eigenvalue weighted by Crippen LogP contribution is -2.26. The molecule has 2 unspecified atom stereocenters. The number of aliphatic hydroxyl groups is 1. The van der Waals surface area contributed by atoms with Gasteiger partial charge < -0.3 is 18.3 Å². The summed E-state index contributed by atoms with van der Waals surface area (Å²) >= 11 is 1.02. The molecule has 6 atom stereocenters. The maximum absolute atomic E-state index is 12.8. The molecule has 0 spiro atoms. The van der Waals surface area contributed by atoms with E-state index in [2.05, 4.69) is 74.5 Å². The van der Waals surface area contributed by atoms with Crippen molar-refractivity contribution in [1.82, 2.24) is 0 Å². The van der Waals surface area contributed by atoms with Gasteiger partial charge in [0.25, 0.3) is 0 Å². The molecule has 6 nitrogen and oxygen atoms in total. The second kappa shape index (κ2) is 27.9. The fourth-order valence-electron chi connectivity index (χ4n) is 7.58. The molecular formula is C52H59B3FO6P2S. The molecule has 0 bridgehead atoms. The van der Waals surface area contributed by atoms with Crippen molar-refractivity contribution in [1.29, 1.82) is 1.34 Å². The quantitative estimate of drug-likeness (QED) is 0.0333. The molecule has 0 saturated carbocycles. The zero-order chi connectivity index (χ0) is 46.6. The summed E-state index contributed by atoms with van der Waals surface area (Å²) < 4.78 is 23.1. The van der Waals surface area contributed by atoms with Gasteiger partial charge in [0.05, 0.1) is 25.0 Å². The number of hydrogen-bond donors (Lipinski definition) is 1. The summed E-state index contributed by atoms with van der Waals surface area (Å²) in [4.78, 5) is 25.6. The lowest BCUT2D eigenvalue weighted by atomic mass is 9.84. The van der Waals surface area contributed by atoms with Crippen LogP contribution in [-0.2, 0) is 61.7 Å². The lowest BCUT2D eigenvalue weighted by molar-refractivity contribution is -0.140. The van der Waals surface area contributed by atoms with Crippen LogP contribution >= 0.6 is 27.9 Å². The number of carbonyl (C=O) groups is 2. The normalized spacial score (nSPS) is 13.8. The third-order valence-corrected chi connectivity index (χ3v) is 12.3. The summed E-state index contributed by atoms with van der Waals surface area (Å²) in [7, 11) is 10.3. The number of rotatable bonds is 21. The molecule has 6 rings (SSSR count). The van der Waals surface area contributed by atoms with Crippen molar-refractivity contribution in [2.45, 2.75) is 52.7 Å². The summed E-state index contributed by atoms with van der Waals surface area (Å²) in [6, 6.07) is 53.2. The van der Waals surface area contributed by atoms with Crippen LogP contribution in [0.5, 0.6) is 0 Å². The summed E-state index contributed by atoms with van der Waals surface area (Å²) in [5.41, 5.74) is 11.1. The first-order valence-corrected chi connectivity index (χ1v) is 25.7. The van der Waals surface area contributed by atoms with Crippen LogP contribution in [0.1, 0.15) is 48.7 Å². The minimum Gasteiger partial charge on any atom is -0.457 e. The number of benzene rings is 6. The molecule has 6 aromatic rings. The van der Waals surface area contributed by atoms with E-state index < -0.39 is 16.1 Å². The second-order valence-corrected chi connectivity index (χ2v) is 19.2. The van der Waals surface area contributed by atoms with E-state index in [1.54, 1.807) is 13.3 Å². The minimum absolute atomic E-state index is 0. The van der Waals surface area contributed by atoms with Crippen molar-refractivity contribution in [3.8, 4) is 22.3 Å². The van der Waals surface area contributed by atoms with Crippen LogP contribution in [0.4, 0.5) is 4.70 Å². The maximum atomic E-state index is 12.8. The number of aliphatic hydroxyl groups excluding tert-OH is 1. The average Bonchev–Trinajstić information content (AvgIpc) is 3.31. The predicted octanol–water partition coefficient (Wildman–Crippen LogP) is 12.0. The van der Waals surface area contributed by atoms with Crippen LogP contribution in [0.2, 0.25) is 0 Å². The van der Waals surface area contributed by atoms with Gasteiger partial charge in [-0.3, -0.25) is 14.3 Å². The van der Waals surface area contributed by atoms with Gasteiger partial charge in [0.15, 0.2) is 15.1 Å². The van der Waals surface area contributed by atoms with Gasteiger partial charge in [0.1, 0.15) is 0 Å². The first-order valence-electron chi connectivity index (χ1n) is 21.9. The van der Waals surface area contributed by atoms with Gasteiger partial charge in [-0.1, -0.05) is 183 Å². The monoisotopic (exact) mass is 929 g/mol. The Morgan fingerprint density at radius 3 is 1.22 bits per heavy atom. The molecule has 65 heavy (non-hydrogen) atoms. The lowest BCUT2D eigenvalue weighted by Gasteiger charge is -2.24. The van der Waals surface area contributed by atoms with E-state index in [0.29, 0.717) is 19.4 Å². The Bertz CT molecular complexity index is 2320. The number of carbonyl (C=O) groups excluding carboxylic acids is 2. The molecule has 0 saturated heterocycles. The Labute approximate surface area is 398 Å². The Morgan fingerprint density at radius 2 is 0.892 bits per heavy atom. The van der Waals surface area contributed by atoms with Crippen LogP contribution < -0.4 is 0 Å². The molecule has 0 amide bonds. The number of halogens is 1. The molecule has 6 aromatic carbocycles. The van der Waals surface area contributed by atoms with E-state index in [0.717, 1.165) is 69.2 Å². The second-order valence-electron chi connectivity index (χ2n) is 16.2. The van der Waals surface area contributed by atoms with Crippen molar-refractivity contribution < 1.29 is 34.1 Å². The molecule has 0 aliphatic rings. The van der Waals surface area contributed by atoms with Crippen LogP contribution in [-0.4, -0.2) is 53.9 Å². The molecule has 0 aromatic heterocycles. The molecular weight excluding hydrogens is 866 g/mol. The fourth-order valence-corrected chi connectivity index (χ4v) is 8.62. The molecule has 13 heteroatoms. The third kappa shape index (κ3) is 17.7. The highest BCUT2D eigenvalue weighted by molar-refractivity contribution is 8.15. The van der Waals surface area contributed by atoms with Crippen LogP contribution in [0.25, 0.3) is 22.3 Å².